The van der Waals surface area contributed by atoms with Crippen LogP contribution in [0.15, 0.2) is 182 Å². The summed E-state index contributed by atoms with van der Waals surface area (Å²) in [5.41, 5.74) is 9.75. The lowest BCUT2D eigenvalue weighted by Crippen LogP contribution is -1.88. The highest BCUT2D eigenvalue weighted by atomic mass is 14.2. The highest BCUT2D eigenvalue weighted by Gasteiger charge is 2.11. The zero-order valence-electron chi connectivity index (χ0n) is 25.3. The van der Waals surface area contributed by atoms with Crippen molar-refractivity contribution in [2.45, 2.75) is 0 Å². The van der Waals surface area contributed by atoms with Gasteiger partial charge >= 0.3 is 0 Å². The van der Waals surface area contributed by atoms with E-state index in [0.29, 0.717) is 0 Å². The van der Waals surface area contributed by atoms with Gasteiger partial charge in [-0.2, -0.15) is 0 Å². The van der Waals surface area contributed by atoms with Crippen molar-refractivity contribution >= 4 is 43.1 Å². The quantitative estimate of drug-likeness (QED) is 0.181. The minimum absolute atomic E-state index is 1.21. The molecule has 0 aliphatic carbocycles. The summed E-state index contributed by atoms with van der Waals surface area (Å²) < 4.78 is 0. The van der Waals surface area contributed by atoms with Crippen LogP contribution in [0.5, 0.6) is 0 Å². The van der Waals surface area contributed by atoms with E-state index >= 15 is 0 Å². The number of rotatable bonds is 4. The fraction of sp³-hybridized carbons (Fsp3) is 0. The molecule has 0 amide bonds. The van der Waals surface area contributed by atoms with Gasteiger partial charge in [-0.25, -0.2) is 0 Å². The van der Waals surface area contributed by atoms with Crippen LogP contribution in [0.4, 0.5) is 0 Å². The molecule has 9 rings (SSSR count). The van der Waals surface area contributed by atoms with Crippen molar-refractivity contribution in [1.82, 2.24) is 0 Å². The first-order valence-electron chi connectivity index (χ1n) is 15.9. The molecule has 214 valence electrons. The van der Waals surface area contributed by atoms with Gasteiger partial charge in [0.1, 0.15) is 0 Å². The van der Waals surface area contributed by atoms with Gasteiger partial charge in [-0.05, 0) is 118 Å². The molecule has 0 saturated carbocycles. The van der Waals surface area contributed by atoms with Crippen LogP contribution in [0.25, 0.3) is 87.6 Å². The lowest BCUT2D eigenvalue weighted by Gasteiger charge is -2.14. The summed E-state index contributed by atoms with van der Waals surface area (Å²) in [5, 5.41) is 10.2. The third kappa shape index (κ3) is 4.64. The van der Waals surface area contributed by atoms with Crippen molar-refractivity contribution in [3.05, 3.63) is 182 Å². The molecule has 0 aliphatic rings. The van der Waals surface area contributed by atoms with Crippen molar-refractivity contribution in [3.8, 4) is 44.5 Å². The number of hydrogen-bond acceptors (Lipinski definition) is 0. The Balaban J connectivity index is 1.20. The zero-order chi connectivity index (χ0) is 30.5. The summed E-state index contributed by atoms with van der Waals surface area (Å²) in [5.74, 6) is 0. The van der Waals surface area contributed by atoms with Crippen LogP contribution < -0.4 is 0 Å². The van der Waals surface area contributed by atoms with E-state index in [9.17, 15) is 0 Å². The van der Waals surface area contributed by atoms with Gasteiger partial charge < -0.3 is 0 Å². The predicted octanol–water partition coefficient (Wildman–Crippen LogP) is 13.0. The average Bonchev–Trinajstić information content (AvgIpc) is 3.14. The van der Waals surface area contributed by atoms with Crippen LogP contribution in [-0.2, 0) is 0 Å². The van der Waals surface area contributed by atoms with E-state index in [1.165, 1.54) is 87.6 Å². The van der Waals surface area contributed by atoms with Crippen LogP contribution >= 0.6 is 0 Å². The molecule has 0 N–H and O–H groups in total. The molecule has 0 atom stereocenters. The minimum Gasteiger partial charge on any atom is -0.0622 e. The molecule has 0 radical (unpaired) electrons. The van der Waals surface area contributed by atoms with E-state index in [2.05, 4.69) is 182 Å². The van der Waals surface area contributed by atoms with Crippen molar-refractivity contribution < 1.29 is 0 Å². The maximum Gasteiger partial charge on any atom is -0.0105 e. The Morgan fingerprint density at radius 1 is 0.174 bits per heavy atom. The number of hydrogen-bond donors (Lipinski definition) is 0. The number of fused-ring (bicyclic) bond motifs is 6. The average molecular weight is 583 g/mol. The molecule has 9 aromatic carbocycles. The molecule has 0 aliphatic heterocycles. The first kappa shape index (κ1) is 26.4. The maximum atomic E-state index is 2.35. The Hall–Kier alpha value is -5.98. The second-order valence-electron chi connectivity index (χ2n) is 12.2. The molecule has 9 aromatic rings. The first-order valence-corrected chi connectivity index (χ1v) is 15.9. The van der Waals surface area contributed by atoms with Gasteiger partial charge in [0, 0.05) is 0 Å². The Bertz CT molecular complexity index is 2420. The van der Waals surface area contributed by atoms with E-state index < -0.39 is 0 Å². The molecule has 0 fully saturated rings. The summed E-state index contributed by atoms with van der Waals surface area (Å²) in [7, 11) is 0. The Morgan fingerprint density at radius 3 is 1.04 bits per heavy atom. The lowest BCUT2D eigenvalue weighted by atomic mass is 9.90. The number of benzene rings is 9. The van der Waals surface area contributed by atoms with Gasteiger partial charge in [0.15, 0.2) is 0 Å². The summed E-state index contributed by atoms with van der Waals surface area (Å²) in [6.45, 7) is 0. The molecule has 0 aromatic heterocycles. The maximum absolute atomic E-state index is 2.35. The Morgan fingerprint density at radius 2 is 0.522 bits per heavy atom. The molecule has 0 heteroatoms. The van der Waals surface area contributed by atoms with Crippen molar-refractivity contribution in [1.29, 1.82) is 0 Å². The molecular formula is C46H30. The van der Waals surface area contributed by atoms with Crippen molar-refractivity contribution in [2.75, 3.05) is 0 Å². The SMILES string of the molecule is c1ccc(-c2ccc(-c3cc(-c4ccc5c(ccc6ccccc65)c4)cc(-c4ccc5c(ccc6ccccc65)c4)c3)cc2)cc1. The summed E-state index contributed by atoms with van der Waals surface area (Å²) in [4.78, 5) is 0. The zero-order valence-corrected chi connectivity index (χ0v) is 25.3. The largest absolute Gasteiger partial charge is 0.0622 e. The second-order valence-corrected chi connectivity index (χ2v) is 12.2. The fourth-order valence-electron chi connectivity index (χ4n) is 7.00. The van der Waals surface area contributed by atoms with Crippen LogP contribution in [0.1, 0.15) is 0 Å². The monoisotopic (exact) mass is 582 g/mol. The fourth-order valence-corrected chi connectivity index (χ4v) is 7.00. The second kappa shape index (κ2) is 10.9. The topological polar surface area (TPSA) is 0 Å². The van der Waals surface area contributed by atoms with Gasteiger partial charge in [0.2, 0.25) is 0 Å². The smallest absolute Gasteiger partial charge is 0.0105 e. The third-order valence-electron chi connectivity index (χ3n) is 9.41. The highest BCUT2D eigenvalue weighted by molar-refractivity contribution is 6.09. The van der Waals surface area contributed by atoms with Gasteiger partial charge in [0.05, 0.1) is 0 Å². The lowest BCUT2D eigenvalue weighted by molar-refractivity contribution is 1.57. The van der Waals surface area contributed by atoms with Crippen LogP contribution in [0.2, 0.25) is 0 Å². The van der Waals surface area contributed by atoms with E-state index in [1.807, 2.05) is 0 Å². The van der Waals surface area contributed by atoms with Gasteiger partial charge in [-0.1, -0.05) is 152 Å². The molecule has 0 spiro atoms. The van der Waals surface area contributed by atoms with Crippen LogP contribution in [-0.4, -0.2) is 0 Å². The molecule has 46 heavy (non-hydrogen) atoms. The summed E-state index contributed by atoms with van der Waals surface area (Å²) >= 11 is 0. The van der Waals surface area contributed by atoms with Crippen molar-refractivity contribution in [3.63, 3.8) is 0 Å². The predicted molar refractivity (Wildman–Crippen MR) is 198 cm³/mol. The van der Waals surface area contributed by atoms with E-state index in [4.69, 9.17) is 0 Å². The van der Waals surface area contributed by atoms with E-state index in [-0.39, 0.29) is 0 Å². The van der Waals surface area contributed by atoms with Crippen molar-refractivity contribution in [2.24, 2.45) is 0 Å². The Labute approximate surface area is 268 Å². The summed E-state index contributed by atoms with van der Waals surface area (Å²) in [6, 6.07) is 66.7. The van der Waals surface area contributed by atoms with E-state index in [1.54, 1.807) is 0 Å². The van der Waals surface area contributed by atoms with E-state index in [0.717, 1.165) is 0 Å². The molecule has 0 nitrogen and oxygen atoms in total. The molecule has 0 bridgehead atoms. The van der Waals surface area contributed by atoms with Gasteiger partial charge in [-0.15, -0.1) is 0 Å². The normalized spacial score (nSPS) is 11.5. The van der Waals surface area contributed by atoms with Gasteiger partial charge in [0.25, 0.3) is 0 Å². The third-order valence-corrected chi connectivity index (χ3v) is 9.41. The minimum atomic E-state index is 1.21. The first-order chi connectivity index (χ1) is 22.8. The standard InChI is InChI=1S/C46H30/c1-2-8-31(9-3-1)32-14-16-33(17-15-32)40-28-41(36-22-24-45-38(26-36)20-18-34-10-4-6-12-43(34)45)30-42(29-40)37-23-25-46-39(27-37)21-19-35-11-5-7-13-44(35)46/h1-30H. The molecular weight excluding hydrogens is 553 g/mol. The van der Waals surface area contributed by atoms with Gasteiger partial charge in [-0.3, -0.25) is 0 Å². The highest BCUT2D eigenvalue weighted by Crippen LogP contribution is 2.37. The molecule has 0 heterocycles. The Kier molecular flexibility index (Phi) is 6.25. The molecule has 0 unspecified atom stereocenters. The molecule has 0 saturated heterocycles. The van der Waals surface area contributed by atoms with Crippen LogP contribution in [0.3, 0.4) is 0 Å². The van der Waals surface area contributed by atoms with Crippen LogP contribution in [0, 0.1) is 0 Å². The summed E-state index contributed by atoms with van der Waals surface area (Å²) in [6.07, 6.45) is 0.